The quantitative estimate of drug-likeness (QED) is 0.697. The van der Waals surface area contributed by atoms with Crippen LogP contribution in [0.2, 0.25) is 0 Å². The Kier molecular flexibility index (Phi) is 4.98. The highest BCUT2D eigenvalue weighted by atomic mass is 16.5. The first-order valence-electron chi connectivity index (χ1n) is 8.41. The van der Waals surface area contributed by atoms with Gasteiger partial charge in [0, 0.05) is 16.8 Å². The van der Waals surface area contributed by atoms with Crippen LogP contribution in [0.15, 0.2) is 54.6 Å². The maximum atomic E-state index is 11.0. The second kappa shape index (κ2) is 7.35. The molecule has 132 valence electrons. The third-order valence-electron chi connectivity index (χ3n) is 4.03. The fourth-order valence-corrected chi connectivity index (χ4v) is 2.79. The molecule has 0 amide bonds. The van der Waals surface area contributed by atoms with E-state index in [9.17, 15) is 4.79 Å². The number of hydrogen-bond acceptors (Lipinski definition) is 4. The largest absolute Gasteiger partial charge is 0.478 e. The van der Waals surface area contributed by atoms with Crippen LogP contribution in [0.3, 0.4) is 0 Å². The molecule has 0 atom stereocenters. The molecular weight excluding hydrogens is 328 g/mol. The molecule has 0 aliphatic heterocycles. The summed E-state index contributed by atoms with van der Waals surface area (Å²) in [5.74, 6) is 0.852. The van der Waals surface area contributed by atoms with Gasteiger partial charge in [-0.2, -0.15) is 4.98 Å². The molecule has 0 unspecified atom stereocenters. The maximum absolute atomic E-state index is 11.0. The van der Waals surface area contributed by atoms with E-state index >= 15 is 0 Å². The minimum atomic E-state index is -0.969. The molecule has 0 bridgehead atoms. The zero-order valence-electron chi connectivity index (χ0n) is 14.9. The summed E-state index contributed by atoms with van der Waals surface area (Å²) in [6.45, 7) is 6.08. The van der Waals surface area contributed by atoms with E-state index in [1.54, 1.807) is 12.1 Å². The van der Waals surface area contributed by atoms with Crippen LogP contribution in [0.25, 0.3) is 11.4 Å². The number of hydrogen-bond donors (Lipinski definition) is 1. The second-order valence-corrected chi connectivity index (χ2v) is 6.30. The van der Waals surface area contributed by atoms with Crippen molar-refractivity contribution in [1.82, 2.24) is 9.97 Å². The van der Waals surface area contributed by atoms with Crippen molar-refractivity contribution in [2.24, 2.45) is 0 Å². The van der Waals surface area contributed by atoms with Crippen LogP contribution in [0.5, 0.6) is 11.6 Å². The minimum absolute atomic E-state index is 0.188. The molecule has 1 heterocycles. The number of carbonyl (C=O) groups is 1. The van der Waals surface area contributed by atoms with Crippen LogP contribution in [-0.4, -0.2) is 21.0 Å². The van der Waals surface area contributed by atoms with E-state index < -0.39 is 5.97 Å². The topological polar surface area (TPSA) is 72.3 Å². The number of aromatic carboxylic acids is 1. The molecule has 5 nitrogen and oxygen atoms in total. The molecule has 0 saturated heterocycles. The van der Waals surface area contributed by atoms with Crippen LogP contribution in [0, 0.1) is 6.92 Å². The fourth-order valence-electron chi connectivity index (χ4n) is 2.79. The van der Waals surface area contributed by atoms with Gasteiger partial charge in [0.2, 0.25) is 5.88 Å². The Bertz CT molecular complexity index is 920. The van der Waals surface area contributed by atoms with Crippen molar-refractivity contribution >= 4 is 5.97 Å². The number of rotatable bonds is 5. The standard InChI is InChI=1S/C21H20N2O3/c1-13(2)18-14(3)22-19(15-7-5-4-6-8-15)23-20(18)26-17-11-9-16(10-12-17)21(24)25/h4-13H,1-3H3,(H,24,25). The van der Waals surface area contributed by atoms with Gasteiger partial charge in [-0.3, -0.25) is 0 Å². The van der Waals surface area contributed by atoms with Crippen molar-refractivity contribution in [3.8, 4) is 23.0 Å². The molecule has 0 spiro atoms. The molecule has 0 aliphatic rings. The average molecular weight is 348 g/mol. The van der Waals surface area contributed by atoms with Crippen LogP contribution in [0.4, 0.5) is 0 Å². The first kappa shape index (κ1) is 17.6. The Balaban J connectivity index is 2.03. The van der Waals surface area contributed by atoms with E-state index in [0.717, 1.165) is 16.8 Å². The summed E-state index contributed by atoms with van der Waals surface area (Å²) in [5, 5.41) is 9.02. The summed E-state index contributed by atoms with van der Waals surface area (Å²) in [6, 6.07) is 16.0. The molecule has 0 aliphatic carbocycles. The van der Waals surface area contributed by atoms with Crippen LogP contribution in [0.1, 0.15) is 41.4 Å². The molecule has 0 radical (unpaired) electrons. The summed E-state index contributed by atoms with van der Waals surface area (Å²) < 4.78 is 6.00. The minimum Gasteiger partial charge on any atom is -0.478 e. The van der Waals surface area contributed by atoms with Gasteiger partial charge in [-0.05, 0) is 37.1 Å². The van der Waals surface area contributed by atoms with Crippen molar-refractivity contribution in [3.05, 3.63) is 71.4 Å². The molecule has 3 aromatic rings. The molecule has 3 rings (SSSR count). The summed E-state index contributed by atoms with van der Waals surface area (Å²) in [4.78, 5) is 20.3. The zero-order chi connectivity index (χ0) is 18.7. The Morgan fingerprint density at radius 1 is 1.00 bits per heavy atom. The smallest absolute Gasteiger partial charge is 0.335 e. The van der Waals surface area contributed by atoms with Crippen molar-refractivity contribution < 1.29 is 14.6 Å². The molecule has 0 fully saturated rings. The van der Waals surface area contributed by atoms with Crippen LogP contribution >= 0.6 is 0 Å². The van der Waals surface area contributed by atoms with Gasteiger partial charge in [0.05, 0.1) is 5.56 Å². The monoisotopic (exact) mass is 348 g/mol. The normalized spacial score (nSPS) is 10.8. The molecule has 2 aromatic carbocycles. The predicted molar refractivity (Wildman–Crippen MR) is 99.8 cm³/mol. The van der Waals surface area contributed by atoms with Crippen molar-refractivity contribution in [2.45, 2.75) is 26.7 Å². The maximum Gasteiger partial charge on any atom is 0.335 e. The second-order valence-electron chi connectivity index (χ2n) is 6.30. The zero-order valence-corrected chi connectivity index (χ0v) is 14.9. The third kappa shape index (κ3) is 3.72. The number of benzene rings is 2. The number of nitrogens with zero attached hydrogens (tertiary/aromatic N) is 2. The van der Waals surface area contributed by atoms with E-state index in [1.807, 2.05) is 37.3 Å². The van der Waals surface area contributed by atoms with Crippen LogP contribution < -0.4 is 4.74 Å². The number of ether oxygens (including phenoxy) is 1. The van der Waals surface area contributed by atoms with E-state index in [4.69, 9.17) is 9.84 Å². The molecular formula is C21H20N2O3. The van der Waals surface area contributed by atoms with E-state index in [2.05, 4.69) is 23.8 Å². The Hall–Kier alpha value is -3.21. The number of aromatic nitrogens is 2. The van der Waals surface area contributed by atoms with Gasteiger partial charge >= 0.3 is 5.97 Å². The van der Waals surface area contributed by atoms with E-state index in [0.29, 0.717) is 17.5 Å². The van der Waals surface area contributed by atoms with Crippen molar-refractivity contribution in [3.63, 3.8) is 0 Å². The van der Waals surface area contributed by atoms with Crippen LogP contribution in [-0.2, 0) is 0 Å². The average Bonchev–Trinajstić information content (AvgIpc) is 2.62. The predicted octanol–water partition coefficient (Wildman–Crippen LogP) is 5.07. The molecule has 26 heavy (non-hydrogen) atoms. The molecule has 5 heteroatoms. The van der Waals surface area contributed by atoms with Gasteiger partial charge < -0.3 is 9.84 Å². The highest BCUT2D eigenvalue weighted by Crippen LogP contribution is 2.32. The lowest BCUT2D eigenvalue weighted by Gasteiger charge is -2.16. The number of carboxylic acid groups (broad SMARTS) is 1. The number of carboxylic acids is 1. The highest BCUT2D eigenvalue weighted by molar-refractivity contribution is 5.87. The van der Waals surface area contributed by atoms with E-state index in [-0.39, 0.29) is 11.5 Å². The van der Waals surface area contributed by atoms with Gasteiger partial charge in [0.25, 0.3) is 0 Å². The Labute approximate surface area is 152 Å². The molecule has 0 saturated carbocycles. The summed E-state index contributed by atoms with van der Waals surface area (Å²) in [6.07, 6.45) is 0. The summed E-state index contributed by atoms with van der Waals surface area (Å²) in [7, 11) is 0. The third-order valence-corrected chi connectivity index (χ3v) is 4.03. The van der Waals surface area contributed by atoms with Gasteiger partial charge in [-0.1, -0.05) is 44.2 Å². The lowest BCUT2D eigenvalue weighted by atomic mass is 10.0. The van der Waals surface area contributed by atoms with Gasteiger partial charge in [-0.25, -0.2) is 9.78 Å². The fraction of sp³-hybridized carbons (Fsp3) is 0.190. The lowest BCUT2D eigenvalue weighted by molar-refractivity contribution is 0.0697. The first-order chi connectivity index (χ1) is 12.5. The van der Waals surface area contributed by atoms with Gasteiger partial charge in [0.1, 0.15) is 5.75 Å². The highest BCUT2D eigenvalue weighted by Gasteiger charge is 2.18. The Morgan fingerprint density at radius 3 is 2.23 bits per heavy atom. The van der Waals surface area contributed by atoms with Crippen molar-refractivity contribution in [1.29, 1.82) is 0 Å². The Morgan fingerprint density at radius 2 is 1.65 bits per heavy atom. The lowest BCUT2D eigenvalue weighted by Crippen LogP contribution is -2.05. The van der Waals surface area contributed by atoms with E-state index in [1.165, 1.54) is 12.1 Å². The summed E-state index contributed by atoms with van der Waals surface area (Å²) >= 11 is 0. The molecule has 1 aromatic heterocycles. The molecule has 1 N–H and O–H groups in total. The van der Waals surface area contributed by atoms with Crippen molar-refractivity contribution in [2.75, 3.05) is 0 Å². The van der Waals surface area contributed by atoms with Gasteiger partial charge in [0.15, 0.2) is 5.82 Å². The number of aryl methyl sites for hydroxylation is 1. The SMILES string of the molecule is Cc1nc(-c2ccccc2)nc(Oc2ccc(C(=O)O)cc2)c1C(C)C. The first-order valence-corrected chi connectivity index (χ1v) is 8.41. The van der Waals surface area contributed by atoms with Gasteiger partial charge in [-0.15, -0.1) is 0 Å². The summed E-state index contributed by atoms with van der Waals surface area (Å²) in [5.41, 5.74) is 2.93.